The Kier molecular flexibility index (Phi) is 5.95. The number of hydrogen-bond donors (Lipinski definition) is 0. The fourth-order valence-corrected chi connectivity index (χ4v) is 7.08. The molecule has 0 spiro atoms. The van der Waals surface area contributed by atoms with Gasteiger partial charge in [0.25, 0.3) is 0 Å². The third-order valence-electron chi connectivity index (χ3n) is 4.07. The molecular weight excluding hydrogens is 330 g/mol. The zero-order valence-corrected chi connectivity index (χ0v) is 14.5. The zero-order valence-electron chi connectivity index (χ0n) is 12.6. The van der Waals surface area contributed by atoms with E-state index < -0.39 is 7.26 Å². The van der Waals surface area contributed by atoms with Crippen LogP contribution in [0, 0.1) is 0 Å². The minimum absolute atomic E-state index is 0. The van der Waals surface area contributed by atoms with Crippen LogP contribution >= 0.6 is 7.26 Å². The predicted molar refractivity (Wildman–Crippen MR) is 95.7 cm³/mol. The molecule has 22 heavy (non-hydrogen) atoms. The number of hydrogen-bond acceptors (Lipinski definition) is 0. The molecule has 0 radical (unpaired) electrons. The molecule has 3 aromatic carbocycles. The SMILES string of the molecule is CC[P+](c1ccccc1)(c1ccccc1)c1ccccc1.[Ni+2]. The maximum absolute atomic E-state index is 2.32. The van der Waals surface area contributed by atoms with Gasteiger partial charge >= 0.3 is 16.5 Å². The van der Waals surface area contributed by atoms with Crippen LogP contribution in [0.3, 0.4) is 0 Å². The summed E-state index contributed by atoms with van der Waals surface area (Å²) in [5.74, 6) is 0. The topological polar surface area (TPSA) is 0 Å². The van der Waals surface area contributed by atoms with Gasteiger partial charge in [-0.2, -0.15) is 0 Å². The first-order valence-corrected chi connectivity index (χ1v) is 9.40. The van der Waals surface area contributed by atoms with E-state index in [4.69, 9.17) is 0 Å². The van der Waals surface area contributed by atoms with Crippen molar-refractivity contribution in [2.24, 2.45) is 0 Å². The Bertz CT molecular complexity index is 584. The van der Waals surface area contributed by atoms with Crippen molar-refractivity contribution >= 4 is 23.2 Å². The van der Waals surface area contributed by atoms with Gasteiger partial charge in [-0.15, -0.1) is 0 Å². The average molecular weight is 350 g/mol. The third kappa shape index (κ3) is 3.02. The summed E-state index contributed by atoms with van der Waals surface area (Å²) in [7, 11) is -1.53. The molecule has 2 heteroatoms. The molecule has 0 aliphatic heterocycles. The summed E-state index contributed by atoms with van der Waals surface area (Å²) in [6.07, 6.45) is 1.14. The fourth-order valence-electron chi connectivity index (χ4n) is 3.04. The van der Waals surface area contributed by atoms with Crippen molar-refractivity contribution in [3.63, 3.8) is 0 Å². The van der Waals surface area contributed by atoms with Crippen LogP contribution in [0.2, 0.25) is 0 Å². The number of benzene rings is 3. The van der Waals surface area contributed by atoms with Gasteiger partial charge in [0.15, 0.2) is 0 Å². The molecule has 112 valence electrons. The third-order valence-corrected chi connectivity index (χ3v) is 8.55. The maximum Gasteiger partial charge on any atom is 2.00 e. The minimum atomic E-state index is -1.53. The molecule has 3 aromatic rings. The summed E-state index contributed by atoms with van der Waals surface area (Å²) in [6, 6.07) is 33.0. The second-order valence-electron chi connectivity index (χ2n) is 5.13. The van der Waals surface area contributed by atoms with E-state index in [1.807, 2.05) is 0 Å². The first-order valence-electron chi connectivity index (χ1n) is 7.43. The largest absolute Gasteiger partial charge is 2.00 e. The van der Waals surface area contributed by atoms with Crippen molar-refractivity contribution < 1.29 is 16.5 Å². The monoisotopic (exact) mass is 349 g/mol. The van der Waals surface area contributed by atoms with Gasteiger partial charge in [-0.25, -0.2) is 0 Å². The van der Waals surface area contributed by atoms with E-state index in [9.17, 15) is 0 Å². The standard InChI is InChI=1S/C20H20P.Ni/c1-2-21(18-12-6-3-7-13-18,19-14-8-4-9-15-19)20-16-10-5-11-17-20;/h3-17H,2H2,1H3;/q+1;+2. The van der Waals surface area contributed by atoms with Crippen molar-refractivity contribution in [3.05, 3.63) is 91.0 Å². The average Bonchev–Trinajstić information content (AvgIpc) is 2.59. The second kappa shape index (κ2) is 7.73. The van der Waals surface area contributed by atoms with Gasteiger partial charge in [0.1, 0.15) is 23.2 Å². The Morgan fingerprint density at radius 3 is 1.05 bits per heavy atom. The summed E-state index contributed by atoms with van der Waals surface area (Å²) >= 11 is 0. The molecule has 0 heterocycles. The van der Waals surface area contributed by atoms with Gasteiger partial charge in [0.05, 0.1) is 6.16 Å². The van der Waals surface area contributed by atoms with E-state index in [2.05, 4.69) is 97.9 Å². The summed E-state index contributed by atoms with van der Waals surface area (Å²) in [5.41, 5.74) is 0. The molecule has 0 unspecified atom stereocenters. The molecular formula is C20H20NiP+3. The molecule has 0 saturated heterocycles. The quantitative estimate of drug-likeness (QED) is 0.493. The molecule has 0 N–H and O–H groups in total. The molecule has 0 aliphatic carbocycles. The summed E-state index contributed by atoms with van der Waals surface area (Å²) in [4.78, 5) is 0. The van der Waals surface area contributed by atoms with E-state index in [1.165, 1.54) is 15.9 Å². The summed E-state index contributed by atoms with van der Waals surface area (Å²) in [6.45, 7) is 2.32. The Labute approximate surface area is 143 Å². The molecule has 0 bridgehead atoms. The molecule has 0 aliphatic rings. The van der Waals surface area contributed by atoms with Crippen LogP contribution in [0.5, 0.6) is 0 Å². The Hall–Kier alpha value is -1.42. The van der Waals surface area contributed by atoms with Crippen molar-refractivity contribution in [1.29, 1.82) is 0 Å². The van der Waals surface area contributed by atoms with Crippen LogP contribution in [0.1, 0.15) is 6.92 Å². The summed E-state index contributed by atoms with van der Waals surface area (Å²) < 4.78 is 0. The zero-order chi connectivity index (χ0) is 14.5. The first kappa shape index (κ1) is 16.9. The van der Waals surface area contributed by atoms with Crippen molar-refractivity contribution in [2.45, 2.75) is 6.92 Å². The Morgan fingerprint density at radius 1 is 0.545 bits per heavy atom. The van der Waals surface area contributed by atoms with Crippen LogP contribution < -0.4 is 15.9 Å². The fraction of sp³-hybridized carbons (Fsp3) is 0.100. The maximum atomic E-state index is 2.32. The van der Waals surface area contributed by atoms with E-state index in [0.29, 0.717) is 0 Å². The molecule has 0 saturated carbocycles. The van der Waals surface area contributed by atoms with Gasteiger partial charge in [-0.1, -0.05) is 54.6 Å². The predicted octanol–water partition coefficient (Wildman–Crippen LogP) is 4.00. The van der Waals surface area contributed by atoms with Crippen LogP contribution in [0.25, 0.3) is 0 Å². The Morgan fingerprint density at radius 2 is 0.818 bits per heavy atom. The van der Waals surface area contributed by atoms with Crippen molar-refractivity contribution in [3.8, 4) is 0 Å². The normalized spacial score (nSPS) is 10.8. The Balaban J connectivity index is 0.00000176. The van der Waals surface area contributed by atoms with E-state index in [0.717, 1.165) is 6.16 Å². The van der Waals surface area contributed by atoms with E-state index >= 15 is 0 Å². The van der Waals surface area contributed by atoms with Crippen molar-refractivity contribution in [2.75, 3.05) is 6.16 Å². The van der Waals surface area contributed by atoms with Crippen LogP contribution in [-0.2, 0) is 16.5 Å². The molecule has 0 atom stereocenters. The van der Waals surface area contributed by atoms with Crippen LogP contribution in [-0.4, -0.2) is 6.16 Å². The van der Waals surface area contributed by atoms with E-state index in [1.54, 1.807) is 0 Å². The van der Waals surface area contributed by atoms with Gasteiger partial charge in [-0.05, 0) is 43.3 Å². The first-order chi connectivity index (χ1) is 10.4. The van der Waals surface area contributed by atoms with Gasteiger partial charge in [0, 0.05) is 0 Å². The smallest absolute Gasteiger partial charge is 0.0620 e. The molecule has 0 aromatic heterocycles. The second-order valence-corrected chi connectivity index (χ2v) is 8.93. The van der Waals surface area contributed by atoms with E-state index in [-0.39, 0.29) is 16.5 Å². The molecule has 0 amide bonds. The molecule has 3 rings (SSSR count). The van der Waals surface area contributed by atoms with Gasteiger partial charge in [0.2, 0.25) is 0 Å². The number of rotatable bonds is 4. The minimum Gasteiger partial charge on any atom is -0.0620 e. The van der Waals surface area contributed by atoms with Crippen molar-refractivity contribution in [1.82, 2.24) is 0 Å². The molecule has 0 nitrogen and oxygen atoms in total. The van der Waals surface area contributed by atoms with Gasteiger partial charge < -0.3 is 0 Å². The summed E-state index contributed by atoms with van der Waals surface area (Å²) in [5, 5.41) is 4.39. The molecule has 0 fully saturated rings. The van der Waals surface area contributed by atoms with Crippen LogP contribution in [0.15, 0.2) is 91.0 Å². The van der Waals surface area contributed by atoms with Gasteiger partial charge in [-0.3, -0.25) is 0 Å². The van der Waals surface area contributed by atoms with Crippen LogP contribution in [0.4, 0.5) is 0 Å².